The molecule has 3 aliphatic rings. The van der Waals surface area contributed by atoms with Crippen LogP contribution in [0.2, 0.25) is 0 Å². The van der Waals surface area contributed by atoms with Crippen molar-refractivity contribution in [2.24, 2.45) is 5.41 Å². The lowest BCUT2D eigenvalue weighted by atomic mass is 9.64. The van der Waals surface area contributed by atoms with Crippen molar-refractivity contribution in [2.45, 2.75) is 95.8 Å². The molecule has 4 aromatic carbocycles. The quantitative estimate of drug-likeness (QED) is 0.0972. The summed E-state index contributed by atoms with van der Waals surface area (Å²) in [6.45, 7) is 6.94. The van der Waals surface area contributed by atoms with E-state index in [0.29, 0.717) is 56.2 Å². The maximum Gasteiger partial charge on any atom is 0.317 e. The van der Waals surface area contributed by atoms with Gasteiger partial charge in [-0.1, -0.05) is 122 Å². The molecule has 0 saturated heterocycles. The maximum absolute atomic E-state index is 15.1. The molecule has 3 N–H and O–H groups in total. The first-order valence-corrected chi connectivity index (χ1v) is 21.4. The summed E-state index contributed by atoms with van der Waals surface area (Å²) in [5.74, 6) is -0.223. The number of urea groups is 1. The Morgan fingerprint density at radius 1 is 0.895 bits per heavy atom. The van der Waals surface area contributed by atoms with Crippen LogP contribution in [0.5, 0.6) is 0 Å². The molecule has 0 radical (unpaired) electrons. The highest BCUT2D eigenvalue weighted by atomic mass is 32.1. The van der Waals surface area contributed by atoms with Crippen LogP contribution in [0.25, 0.3) is 11.1 Å². The minimum atomic E-state index is -1.24. The number of aliphatic hydroxyl groups is 2. The van der Waals surface area contributed by atoms with Crippen molar-refractivity contribution in [3.63, 3.8) is 0 Å². The number of allylic oxidation sites excluding steroid dienone is 2. The summed E-state index contributed by atoms with van der Waals surface area (Å²) >= 11 is 1.68. The molecular formula is C50H56N2O4S. The van der Waals surface area contributed by atoms with Gasteiger partial charge in [0.1, 0.15) is 0 Å². The fraction of sp³-hybridized carbons (Fsp3) is 0.360. The Labute approximate surface area is 342 Å². The zero-order valence-corrected chi connectivity index (χ0v) is 34.3. The number of carbonyl (C=O) groups is 2. The van der Waals surface area contributed by atoms with Crippen LogP contribution in [0.3, 0.4) is 0 Å². The number of fused-ring (bicyclic) bond motifs is 8. The fourth-order valence-electron chi connectivity index (χ4n) is 9.26. The van der Waals surface area contributed by atoms with Crippen molar-refractivity contribution >= 4 is 23.2 Å². The van der Waals surface area contributed by atoms with Gasteiger partial charge in [0.25, 0.3) is 0 Å². The number of aliphatic hydroxyl groups excluding tert-OH is 1. The van der Waals surface area contributed by atoms with Gasteiger partial charge in [0, 0.05) is 28.0 Å². The summed E-state index contributed by atoms with van der Waals surface area (Å²) in [6.07, 6.45) is 6.84. The van der Waals surface area contributed by atoms with E-state index < -0.39 is 17.1 Å². The van der Waals surface area contributed by atoms with E-state index in [1.165, 1.54) is 10.5 Å². The van der Waals surface area contributed by atoms with E-state index >= 15 is 4.79 Å². The number of ketones is 1. The summed E-state index contributed by atoms with van der Waals surface area (Å²) < 4.78 is 0. The monoisotopic (exact) mass is 780 g/mol. The molecule has 1 aromatic heterocycles. The number of hydrogen-bond donors (Lipinski definition) is 3. The molecule has 6 nitrogen and oxygen atoms in total. The molecule has 1 fully saturated rings. The van der Waals surface area contributed by atoms with Crippen LogP contribution in [-0.2, 0) is 12.8 Å². The average Bonchev–Trinajstić information content (AvgIpc) is 3.84. The summed E-state index contributed by atoms with van der Waals surface area (Å²) in [5.41, 5.74) is 5.25. The number of thiophene rings is 1. The van der Waals surface area contributed by atoms with Gasteiger partial charge < -0.3 is 20.4 Å². The van der Waals surface area contributed by atoms with Gasteiger partial charge in [0.15, 0.2) is 5.78 Å². The fourth-order valence-corrected chi connectivity index (χ4v) is 9.96. The molecule has 8 rings (SSSR count). The Bertz CT molecular complexity index is 2170. The van der Waals surface area contributed by atoms with Crippen LogP contribution in [0.1, 0.15) is 109 Å². The third-order valence-corrected chi connectivity index (χ3v) is 13.7. The Morgan fingerprint density at radius 3 is 2.39 bits per heavy atom. The van der Waals surface area contributed by atoms with Crippen molar-refractivity contribution in [3.05, 3.63) is 165 Å². The Morgan fingerprint density at radius 2 is 1.63 bits per heavy atom. The molecule has 296 valence electrons. The first-order valence-electron chi connectivity index (χ1n) is 20.6. The molecule has 57 heavy (non-hydrogen) atoms. The van der Waals surface area contributed by atoms with E-state index in [4.69, 9.17) is 0 Å². The molecule has 5 aromatic rings. The van der Waals surface area contributed by atoms with E-state index in [1.54, 1.807) is 11.3 Å². The van der Waals surface area contributed by atoms with Crippen molar-refractivity contribution in [3.8, 4) is 11.1 Å². The lowest BCUT2D eigenvalue weighted by Gasteiger charge is -2.46. The molecule has 2 bridgehead atoms. The van der Waals surface area contributed by atoms with Crippen molar-refractivity contribution in [1.29, 1.82) is 0 Å². The van der Waals surface area contributed by atoms with Gasteiger partial charge in [-0.3, -0.25) is 4.79 Å². The van der Waals surface area contributed by atoms with Crippen LogP contribution < -0.4 is 5.32 Å². The van der Waals surface area contributed by atoms with Crippen LogP contribution in [0, 0.1) is 5.41 Å². The highest BCUT2D eigenvalue weighted by Crippen LogP contribution is 2.59. The van der Waals surface area contributed by atoms with E-state index in [1.807, 2.05) is 109 Å². The topological polar surface area (TPSA) is 89.9 Å². The molecule has 1 saturated carbocycles. The molecule has 5 atom stereocenters. The Balaban J connectivity index is 1.28. The van der Waals surface area contributed by atoms with Gasteiger partial charge in [-0.2, -0.15) is 0 Å². The largest absolute Gasteiger partial charge is 0.393 e. The number of nitrogens with zero attached hydrogens (tertiary/aromatic N) is 1. The Kier molecular flexibility index (Phi) is 12.6. The molecule has 3 aliphatic carbocycles. The van der Waals surface area contributed by atoms with Gasteiger partial charge >= 0.3 is 6.03 Å². The zero-order valence-electron chi connectivity index (χ0n) is 33.5. The first kappa shape index (κ1) is 40.4. The summed E-state index contributed by atoms with van der Waals surface area (Å²) in [6, 6.07) is 37.7. The van der Waals surface area contributed by atoms with E-state index in [-0.39, 0.29) is 30.3 Å². The SMILES string of the molecule is CC1=CCCC2(C)C(CCC2(O)CN(CCc2cccs2)C(=O)NC(C)c2ccccc2)c2ccc(cc2C(=O)c2ccccc2-c2ccccc2)CC(O)CC1. The van der Waals surface area contributed by atoms with Gasteiger partial charge in [-0.05, 0) is 116 Å². The van der Waals surface area contributed by atoms with Gasteiger partial charge in [0.2, 0.25) is 0 Å². The number of nitrogens with one attached hydrogen (secondary N) is 1. The van der Waals surface area contributed by atoms with Gasteiger partial charge in [-0.25, -0.2) is 4.79 Å². The molecular weight excluding hydrogens is 725 g/mol. The molecule has 1 heterocycles. The Hall–Kier alpha value is -4.82. The van der Waals surface area contributed by atoms with Crippen molar-refractivity contribution < 1.29 is 19.8 Å². The van der Waals surface area contributed by atoms with E-state index in [0.717, 1.165) is 40.7 Å². The number of rotatable bonds is 10. The second-order valence-corrected chi connectivity index (χ2v) is 17.6. The second kappa shape index (κ2) is 17.8. The standard InChI is InChI=1S/C50H56N2O4S/c1-35-14-12-28-49(3)46(26-29-50(49,56)34-52(30-27-41-19-13-31-57-41)48(55)51-36(2)38-15-6-4-7-16-38)43-25-23-37(32-40(53)24-22-35)33-45(43)47(54)44-21-11-10-20-42(44)39-17-8-5-9-18-39/h4-11,13-21,23,25,31,33,36,40,46,53,56H,12,22,24,26-30,32,34H2,1-3H3,(H,51,55). The lowest BCUT2D eigenvalue weighted by molar-refractivity contribution is -0.0769. The predicted octanol–water partition coefficient (Wildman–Crippen LogP) is 10.7. The third-order valence-electron chi connectivity index (χ3n) is 12.8. The number of amides is 2. The number of benzene rings is 4. The smallest absolute Gasteiger partial charge is 0.317 e. The molecule has 0 spiro atoms. The third kappa shape index (κ3) is 9.02. The normalized spacial score (nSPS) is 22.9. The summed E-state index contributed by atoms with van der Waals surface area (Å²) in [4.78, 5) is 32.4. The first-order chi connectivity index (χ1) is 27.5. The summed E-state index contributed by atoms with van der Waals surface area (Å²) in [7, 11) is 0. The zero-order chi connectivity index (χ0) is 40.0. The number of carbonyl (C=O) groups excluding carboxylic acids is 2. The second-order valence-electron chi connectivity index (χ2n) is 16.5. The lowest BCUT2D eigenvalue weighted by Crippen LogP contribution is -2.56. The highest BCUT2D eigenvalue weighted by molar-refractivity contribution is 7.09. The average molecular weight is 781 g/mol. The van der Waals surface area contributed by atoms with Crippen LogP contribution in [-0.4, -0.2) is 51.7 Å². The minimum Gasteiger partial charge on any atom is -0.393 e. The van der Waals surface area contributed by atoms with Crippen molar-refractivity contribution in [1.82, 2.24) is 10.2 Å². The maximum atomic E-state index is 15.1. The van der Waals surface area contributed by atoms with E-state index in [9.17, 15) is 15.0 Å². The highest BCUT2D eigenvalue weighted by Gasteiger charge is 2.57. The molecule has 5 unspecified atom stereocenters. The van der Waals surface area contributed by atoms with E-state index in [2.05, 4.69) is 48.8 Å². The van der Waals surface area contributed by atoms with Crippen molar-refractivity contribution in [2.75, 3.05) is 13.1 Å². The van der Waals surface area contributed by atoms with Gasteiger partial charge in [0.05, 0.1) is 24.3 Å². The summed E-state index contributed by atoms with van der Waals surface area (Å²) in [5, 5.41) is 29.6. The van der Waals surface area contributed by atoms with Crippen LogP contribution in [0.4, 0.5) is 4.79 Å². The minimum absolute atomic E-state index is 0.0618. The van der Waals surface area contributed by atoms with Crippen LogP contribution in [0.15, 0.2) is 132 Å². The van der Waals surface area contributed by atoms with Crippen LogP contribution >= 0.6 is 11.3 Å². The number of hydrogen-bond acceptors (Lipinski definition) is 5. The van der Waals surface area contributed by atoms with Gasteiger partial charge in [-0.15, -0.1) is 11.3 Å². The molecule has 2 amide bonds. The molecule has 0 aliphatic heterocycles. The molecule has 7 heteroatoms. The predicted molar refractivity (Wildman–Crippen MR) is 232 cm³/mol.